The molecule has 0 bridgehead atoms. The van der Waals surface area contributed by atoms with E-state index in [1.165, 1.54) is 51.9 Å². The van der Waals surface area contributed by atoms with Crippen LogP contribution in [0.1, 0.15) is 46.5 Å². The molecule has 0 radical (unpaired) electrons. The molecule has 104 valence electrons. The fourth-order valence-electron chi connectivity index (χ4n) is 4.72. The molecule has 0 spiro atoms. The zero-order chi connectivity index (χ0) is 12.8. The highest BCUT2D eigenvalue weighted by molar-refractivity contribution is 4.97. The third-order valence-corrected chi connectivity index (χ3v) is 5.73. The van der Waals surface area contributed by atoms with Gasteiger partial charge in [0.2, 0.25) is 0 Å². The van der Waals surface area contributed by atoms with E-state index < -0.39 is 0 Å². The second kappa shape index (κ2) is 4.79. The molecule has 2 heterocycles. The Bertz CT molecular complexity index is 282. The molecule has 3 fully saturated rings. The molecular formula is C16H30N2. The maximum Gasteiger partial charge on any atom is 0.0129 e. The molecule has 2 aliphatic heterocycles. The van der Waals surface area contributed by atoms with Gasteiger partial charge < -0.3 is 5.32 Å². The minimum absolute atomic E-state index is 0.487. The van der Waals surface area contributed by atoms with Crippen molar-refractivity contribution in [2.75, 3.05) is 26.2 Å². The van der Waals surface area contributed by atoms with Gasteiger partial charge in [0.05, 0.1) is 0 Å². The van der Waals surface area contributed by atoms with E-state index in [1.54, 1.807) is 0 Å². The van der Waals surface area contributed by atoms with Crippen LogP contribution in [0.25, 0.3) is 0 Å². The first-order valence-corrected chi connectivity index (χ1v) is 8.00. The Labute approximate surface area is 113 Å². The first-order valence-electron chi connectivity index (χ1n) is 8.00. The Morgan fingerprint density at radius 1 is 0.944 bits per heavy atom. The van der Waals surface area contributed by atoms with Crippen molar-refractivity contribution in [3.63, 3.8) is 0 Å². The lowest BCUT2D eigenvalue weighted by atomic mass is 9.69. The molecule has 4 atom stereocenters. The van der Waals surface area contributed by atoms with E-state index in [-0.39, 0.29) is 0 Å². The Hall–Kier alpha value is -0.0800. The van der Waals surface area contributed by atoms with Crippen molar-refractivity contribution < 1.29 is 0 Å². The lowest BCUT2D eigenvalue weighted by Gasteiger charge is -2.45. The van der Waals surface area contributed by atoms with Crippen molar-refractivity contribution in [2.24, 2.45) is 23.2 Å². The maximum absolute atomic E-state index is 3.56. The summed E-state index contributed by atoms with van der Waals surface area (Å²) in [6.45, 7) is 12.6. The van der Waals surface area contributed by atoms with Crippen molar-refractivity contribution in [3.8, 4) is 0 Å². The van der Waals surface area contributed by atoms with Crippen molar-refractivity contribution in [2.45, 2.75) is 52.5 Å². The quantitative estimate of drug-likeness (QED) is 0.770. The van der Waals surface area contributed by atoms with Crippen LogP contribution in [0.3, 0.4) is 0 Å². The number of fused-ring (bicyclic) bond motifs is 1. The summed E-state index contributed by atoms with van der Waals surface area (Å²) in [5.74, 6) is 2.82. The number of hydrogen-bond donors (Lipinski definition) is 1. The predicted molar refractivity (Wildman–Crippen MR) is 76.6 cm³/mol. The lowest BCUT2D eigenvalue weighted by Crippen LogP contribution is -2.46. The third kappa shape index (κ3) is 2.34. The molecule has 2 nitrogen and oxygen atoms in total. The Kier molecular flexibility index (Phi) is 3.44. The average molecular weight is 250 g/mol. The van der Waals surface area contributed by atoms with Gasteiger partial charge in [0, 0.05) is 19.1 Å². The summed E-state index contributed by atoms with van der Waals surface area (Å²) in [6, 6.07) is 0.879. The van der Waals surface area contributed by atoms with E-state index in [9.17, 15) is 0 Å². The third-order valence-electron chi connectivity index (χ3n) is 5.73. The summed E-state index contributed by atoms with van der Waals surface area (Å²) in [5, 5.41) is 3.56. The summed E-state index contributed by atoms with van der Waals surface area (Å²) in [5.41, 5.74) is 0.487. The highest BCUT2D eigenvalue weighted by Gasteiger charge is 2.43. The smallest absolute Gasteiger partial charge is 0.0129 e. The van der Waals surface area contributed by atoms with Crippen LogP contribution in [0.5, 0.6) is 0 Å². The largest absolute Gasteiger partial charge is 0.316 e. The minimum Gasteiger partial charge on any atom is -0.316 e. The number of nitrogens with one attached hydrogen (secondary N) is 1. The highest BCUT2D eigenvalue weighted by atomic mass is 15.2. The number of hydrogen-bond acceptors (Lipinski definition) is 2. The van der Waals surface area contributed by atoms with Crippen LogP contribution >= 0.6 is 0 Å². The summed E-state index contributed by atoms with van der Waals surface area (Å²) in [4.78, 5) is 2.87. The van der Waals surface area contributed by atoms with Gasteiger partial charge in [0.1, 0.15) is 0 Å². The van der Waals surface area contributed by atoms with Gasteiger partial charge in [-0.05, 0) is 49.1 Å². The highest BCUT2D eigenvalue weighted by Crippen LogP contribution is 2.42. The SMILES string of the molecule is CC(C)(C)C1CCCCC1N1C[C@H]2CNC[C@H]2C1. The fraction of sp³-hybridized carbons (Fsp3) is 1.00. The van der Waals surface area contributed by atoms with Crippen LogP contribution in [0.2, 0.25) is 0 Å². The molecule has 0 aromatic heterocycles. The maximum atomic E-state index is 3.56. The molecule has 1 saturated carbocycles. The van der Waals surface area contributed by atoms with Crippen molar-refractivity contribution in [3.05, 3.63) is 0 Å². The minimum atomic E-state index is 0.487. The van der Waals surface area contributed by atoms with Gasteiger partial charge in [-0.1, -0.05) is 33.6 Å². The molecule has 2 unspecified atom stereocenters. The van der Waals surface area contributed by atoms with Crippen LogP contribution in [-0.2, 0) is 0 Å². The van der Waals surface area contributed by atoms with Crippen molar-refractivity contribution >= 4 is 0 Å². The number of nitrogens with zero attached hydrogens (tertiary/aromatic N) is 1. The van der Waals surface area contributed by atoms with Gasteiger partial charge in [-0.2, -0.15) is 0 Å². The zero-order valence-electron chi connectivity index (χ0n) is 12.4. The van der Waals surface area contributed by atoms with Gasteiger partial charge >= 0.3 is 0 Å². The fourth-order valence-corrected chi connectivity index (χ4v) is 4.72. The molecule has 1 N–H and O–H groups in total. The zero-order valence-corrected chi connectivity index (χ0v) is 12.4. The Morgan fingerprint density at radius 3 is 2.17 bits per heavy atom. The predicted octanol–water partition coefficient (Wildman–Crippen LogP) is 2.74. The monoisotopic (exact) mass is 250 g/mol. The standard InChI is InChI=1S/C16H30N2/c1-16(2,3)14-6-4-5-7-15(14)18-10-12-8-17-9-13(12)11-18/h12-15,17H,4-11H2,1-3H3/t12-,13+,14?,15?. The molecular weight excluding hydrogens is 220 g/mol. The average Bonchev–Trinajstić information content (AvgIpc) is 2.87. The van der Waals surface area contributed by atoms with Crippen LogP contribution in [0.4, 0.5) is 0 Å². The molecule has 18 heavy (non-hydrogen) atoms. The van der Waals surface area contributed by atoms with Crippen LogP contribution in [0.15, 0.2) is 0 Å². The molecule has 2 saturated heterocycles. The van der Waals surface area contributed by atoms with Crippen LogP contribution < -0.4 is 5.32 Å². The summed E-state index contributed by atoms with van der Waals surface area (Å²) >= 11 is 0. The van der Waals surface area contributed by atoms with Gasteiger partial charge in [0.15, 0.2) is 0 Å². The summed E-state index contributed by atoms with van der Waals surface area (Å²) < 4.78 is 0. The van der Waals surface area contributed by atoms with E-state index in [4.69, 9.17) is 0 Å². The Balaban J connectivity index is 1.70. The normalized spacial score (nSPS) is 42.2. The summed E-state index contributed by atoms with van der Waals surface area (Å²) in [6.07, 6.45) is 5.83. The van der Waals surface area contributed by atoms with E-state index in [0.29, 0.717) is 5.41 Å². The molecule has 1 aliphatic carbocycles. The second-order valence-corrected chi connectivity index (χ2v) is 7.96. The number of likely N-dealkylation sites (tertiary alicyclic amines) is 1. The topological polar surface area (TPSA) is 15.3 Å². The second-order valence-electron chi connectivity index (χ2n) is 7.96. The van der Waals surface area contributed by atoms with Gasteiger partial charge in [-0.25, -0.2) is 0 Å². The van der Waals surface area contributed by atoms with E-state index in [2.05, 4.69) is 31.0 Å². The van der Waals surface area contributed by atoms with E-state index in [1.807, 2.05) is 0 Å². The summed E-state index contributed by atoms with van der Waals surface area (Å²) in [7, 11) is 0. The van der Waals surface area contributed by atoms with Gasteiger partial charge in [0.25, 0.3) is 0 Å². The molecule has 0 aromatic carbocycles. The molecule has 3 aliphatic rings. The van der Waals surface area contributed by atoms with E-state index in [0.717, 1.165) is 23.8 Å². The molecule has 0 aromatic rings. The first kappa shape index (κ1) is 12.9. The molecule has 0 amide bonds. The molecule has 2 heteroatoms. The van der Waals surface area contributed by atoms with Crippen molar-refractivity contribution in [1.29, 1.82) is 0 Å². The van der Waals surface area contributed by atoms with E-state index >= 15 is 0 Å². The van der Waals surface area contributed by atoms with Crippen LogP contribution in [0, 0.1) is 23.2 Å². The number of rotatable bonds is 1. The lowest BCUT2D eigenvalue weighted by molar-refractivity contribution is 0.0513. The van der Waals surface area contributed by atoms with Crippen LogP contribution in [-0.4, -0.2) is 37.1 Å². The van der Waals surface area contributed by atoms with Gasteiger partial charge in [-0.3, -0.25) is 4.90 Å². The van der Waals surface area contributed by atoms with Gasteiger partial charge in [-0.15, -0.1) is 0 Å². The first-order chi connectivity index (χ1) is 8.55. The van der Waals surface area contributed by atoms with Crippen molar-refractivity contribution in [1.82, 2.24) is 10.2 Å². The Morgan fingerprint density at radius 2 is 1.56 bits per heavy atom. The molecule has 3 rings (SSSR count).